The average Bonchev–Trinajstić information content (AvgIpc) is 3.35. The number of halogens is 1. The molecule has 0 atom stereocenters. The van der Waals surface area contributed by atoms with Crippen molar-refractivity contribution in [2.45, 2.75) is 38.5 Å². The summed E-state index contributed by atoms with van der Waals surface area (Å²) >= 11 is 6.73. The Kier molecular flexibility index (Phi) is 6.72. The molecule has 144 valence electrons. The van der Waals surface area contributed by atoms with Gasteiger partial charge in [-0.05, 0) is 35.3 Å². The minimum atomic E-state index is -0.0387. The average molecular weight is 469 g/mol. The maximum Gasteiger partial charge on any atom is 0.230 e. The number of aryl methyl sites for hydroxylation is 2. The van der Waals surface area contributed by atoms with Crippen molar-refractivity contribution in [3.63, 3.8) is 0 Å². The Hall–Kier alpha value is -1.65. The predicted molar refractivity (Wildman–Crippen MR) is 112 cm³/mol. The van der Waals surface area contributed by atoms with Crippen molar-refractivity contribution in [2.75, 3.05) is 5.75 Å². The Bertz CT molecular complexity index is 932. The van der Waals surface area contributed by atoms with E-state index >= 15 is 0 Å². The molecular formula is C17H21BrN6OS2. The van der Waals surface area contributed by atoms with E-state index in [1.165, 1.54) is 16.6 Å². The molecule has 0 saturated carbocycles. The molecule has 0 radical (unpaired) electrons. The van der Waals surface area contributed by atoms with Crippen LogP contribution in [-0.2, 0) is 31.4 Å². The highest BCUT2D eigenvalue weighted by molar-refractivity contribution is 9.10. The largest absolute Gasteiger partial charge is 0.351 e. The van der Waals surface area contributed by atoms with Crippen LogP contribution in [0.3, 0.4) is 0 Å². The van der Waals surface area contributed by atoms with Crippen LogP contribution in [0.1, 0.15) is 24.3 Å². The van der Waals surface area contributed by atoms with Gasteiger partial charge in [0.2, 0.25) is 5.91 Å². The SMILES string of the molecule is CCc1sc(-c2nnc(SCC(=O)NCc3cnn(C)c3)n2CC)cc1Br. The summed E-state index contributed by atoms with van der Waals surface area (Å²) in [6.45, 7) is 5.42. The summed E-state index contributed by atoms with van der Waals surface area (Å²) in [5, 5.41) is 16.4. The third-order valence-electron chi connectivity index (χ3n) is 3.91. The molecule has 0 saturated heterocycles. The molecule has 1 amide bonds. The van der Waals surface area contributed by atoms with Crippen LogP contribution in [0.4, 0.5) is 0 Å². The number of nitrogens with one attached hydrogen (secondary N) is 1. The fraction of sp³-hybridized carbons (Fsp3) is 0.412. The molecule has 3 aromatic heterocycles. The summed E-state index contributed by atoms with van der Waals surface area (Å²) < 4.78 is 4.88. The van der Waals surface area contributed by atoms with E-state index in [0.29, 0.717) is 12.3 Å². The number of rotatable bonds is 8. The normalized spacial score (nSPS) is 11.1. The lowest BCUT2D eigenvalue weighted by Crippen LogP contribution is -2.24. The van der Waals surface area contributed by atoms with E-state index in [2.05, 4.69) is 61.0 Å². The minimum absolute atomic E-state index is 0.0387. The molecule has 10 heteroatoms. The van der Waals surface area contributed by atoms with Crippen molar-refractivity contribution in [3.8, 4) is 10.7 Å². The van der Waals surface area contributed by atoms with Gasteiger partial charge in [-0.25, -0.2) is 0 Å². The Morgan fingerprint density at radius 2 is 2.19 bits per heavy atom. The highest BCUT2D eigenvalue weighted by atomic mass is 79.9. The highest BCUT2D eigenvalue weighted by Crippen LogP contribution is 2.35. The van der Waals surface area contributed by atoms with Crippen LogP contribution in [0, 0.1) is 0 Å². The van der Waals surface area contributed by atoms with E-state index in [4.69, 9.17) is 0 Å². The summed E-state index contributed by atoms with van der Waals surface area (Å²) in [6, 6.07) is 2.09. The van der Waals surface area contributed by atoms with Gasteiger partial charge in [0.15, 0.2) is 11.0 Å². The molecule has 0 spiro atoms. The van der Waals surface area contributed by atoms with Gasteiger partial charge in [0.05, 0.1) is 16.8 Å². The Morgan fingerprint density at radius 3 is 2.81 bits per heavy atom. The van der Waals surface area contributed by atoms with E-state index in [-0.39, 0.29) is 5.91 Å². The zero-order valence-corrected chi connectivity index (χ0v) is 18.6. The van der Waals surface area contributed by atoms with Gasteiger partial charge in [-0.15, -0.1) is 21.5 Å². The van der Waals surface area contributed by atoms with Gasteiger partial charge >= 0.3 is 0 Å². The molecule has 0 unspecified atom stereocenters. The molecule has 0 fully saturated rings. The van der Waals surface area contributed by atoms with Crippen LogP contribution in [-0.4, -0.2) is 36.2 Å². The number of hydrogen-bond donors (Lipinski definition) is 1. The zero-order valence-electron chi connectivity index (χ0n) is 15.4. The van der Waals surface area contributed by atoms with Gasteiger partial charge in [0.1, 0.15) is 0 Å². The number of thioether (sulfide) groups is 1. The van der Waals surface area contributed by atoms with Gasteiger partial charge in [0, 0.05) is 41.2 Å². The number of amides is 1. The Labute approximate surface area is 174 Å². The van der Waals surface area contributed by atoms with Crippen molar-refractivity contribution >= 4 is 44.9 Å². The van der Waals surface area contributed by atoms with Crippen LogP contribution in [0.15, 0.2) is 28.1 Å². The van der Waals surface area contributed by atoms with Crippen molar-refractivity contribution in [1.82, 2.24) is 29.9 Å². The van der Waals surface area contributed by atoms with Crippen molar-refractivity contribution in [1.29, 1.82) is 0 Å². The first-order chi connectivity index (χ1) is 13.0. The van der Waals surface area contributed by atoms with Crippen molar-refractivity contribution in [2.24, 2.45) is 7.05 Å². The monoisotopic (exact) mass is 468 g/mol. The molecule has 3 heterocycles. The lowest BCUT2D eigenvalue weighted by molar-refractivity contribution is -0.118. The van der Waals surface area contributed by atoms with E-state index in [1.807, 2.05) is 13.2 Å². The molecule has 0 aliphatic rings. The van der Waals surface area contributed by atoms with Crippen LogP contribution < -0.4 is 5.32 Å². The van der Waals surface area contributed by atoms with E-state index in [9.17, 15) is 4.79 Å². The van der Waals surface area contributed by atoms with E-state index < -0.39 is 0 Å². The first-order valence-electron chi connectivity index (χ1n) is 8.60. The second-order valence-corrected chi connectivity index (χ2v) is 8.81. The summed E-state index contributed by atoms with van der Waals surface area (Å²) in [5.74, 6) is 1.11. The first-order valence-corrected chi connectivity index (χ1v) is 11.2. The topological polar surface area (TPSA) is 77.6 Å². The fourth-order valence-electron chi connectivity index (χ4n) is 2.57. The molecule has 0 aliphatic carbocycles. The maximum atomic E-state index is 12.1. The zero-order chi connectivity index (χ0) is 19.4. The standard InChI is InChI=1S/C17H21BrN6OS2/c1-4-13-12(18)6-14(27-13)16-21-22-17(24(16)5-2)26-10-15(25)19-7-11-8-20-23(3)9-11/h6,8-9H,4-5,7,10H2,1-3H3,(H,19,25). The van der Waals surface area contributed by atoms with Gasteiger partial charge in [-0.2, -0.15) is 5.10 Å². The van der Waals surface area contributed by atoms with Crippen LogP contribution in [0.2, 0.25) is 0 Å². The summed E-state index contributed by atoms with van der Waals surface area (Å²) in [5.41, 5.74) is 0.977. The number of nitrogens with zero attached hydrogens (tertiary/aromatic N) is 5. The third kappa shape index (κ3) is 4.80. The van der Waals surface area contributed by atoms with Gasteiger partial charge in [-0.3, -0.25) is 9.48 Å². The Morgan fingerprint density at radius 1 is 1.37 bits per heavy atom. The van der Waals surface area contributed by atoms with E-state index in [1.54, 1.807) is 22.2 Å². The predicted octanol–water partition coefficient (Wildman–Crippen LogP) is 3.49. The summed E-state index contributed by atoms with van der Waals surface area (Å²) in [7, 11) is 1.85. The van der Waals surface area contributed by atoms with Crippen LogP contribution in [0.5, 0.6) is 0 Å². The quantitative estimate of drug-likeness (QED) is 0.511. The van der Waals surface area contributed by atoms with Gasteiger partial charge in [0.25, 0.3) is 0 Å². The Balaban J connectivity index is 1.63. The number of carbonyl (C=O) groups excluding carboxylic acids is 1. The molecule has 3 aromatic rings. The molecule has 27 heavy (non-hydrogen) atoms. The second-order valence-electron chi connectivity index (χ2n) is 5.87. The fourth-order valence-corrected chi connectivity index (χ4v) is 5.29. The molecular weight excluding hydrogens is 448 g/mol. The summed E-state index contributed by atoms with van der Waals surface area (Å²) in [6.07, 6.45) is 4.61. The molecule has 3 rings (SSSR count). The maximum absolute atomic E-state index is 12.1. The lowest BCUT2D eigenvalue weighted by Gasteiger charge is -2.06. The number of hydrogen-bond acceptors (Lipinski definition) is 6. The smallest absolute Gasteiger partial charge is 0.230 e. The molecule has 0 aliphatic heterocycles. The van der Waals surface area contributed by atoms with Crippen molar-refractivity contribution in [3.05, 3.63) is 33.4 Å². The van der Waals surface area contributed by atoms with Gasteiger partial charge in [-0.1, -0.05) is 18.7 Å². The molecule has 0 bridgehead atoms. The molecule has 7 nitrogen and oxygen atoms in total. The molecule has 1 N–H and O–H groups in total. The highest BCUT2D eigenvalue weighted by Gasteiger charge is 2.17. The third-order valence-corrected chi connectivity index (χ3v) is 7.12. The number of carbonyl (C=O) groups is 1. The van der Waals surface area contributed by atoms with Crippen LogP contribution in [0.25, 0.3) is 10.7 Å². The second kappa shape index (κ2) is 9.03. The summed E-state index contributed by atoms with van der Waals surface area (Å²) in [4.78, 5) is 14.5. The molecule has 0 aromatic carbocycles. The number of aromatic nitrogens is 5. The lowest BCUT2D eigenvalue weighted by atomic mass is 10.3. The first kappa shape index (κ1) is 20.1. The minimum Gasteiger partial charge on any atom is -0.351 e. The number of thiophene rings is 1. The van der Waals surface area contributed by atoms with E-state index in [0.717, 1.165) is 38.9 Å². The van der Waals surface area contributed by atoms with Crippen molar-refractivity contribution < 1.29 is 4.79 Å². The van der Waals surface area contributed by atoms with Gasteiger partial charge < -0.3 is 9.88 Å². The van der Waals surface area contributed by atoms with Crippen LogP contribution >= 0.6 is 39.0 Å².